The highest BCUT2D eigenvalue weighted by Crippen LogP contribution is 2.49. The summed E-state index contributed by atoms with van der Waals surface area (Å²) < 4.78 is 0. The van der Waals surface area contributed by atoms with Gasteiger partial charge in [-0.2, -0.15) is 0 Å². The van der Waals surface area contributed by atoms with Gasteiger partial charge in [0.05, 0.1) is 36.7 Å². The number of aliphatic hydroxyl groups is 1. The zero-order chi connectivity index (χ0) is 15.0. The first-order valence-corrected chi connectivity index (χ1v) is 7.42. The maximum Gasteiger partial charge on any atom is 0.0809 e. The fourth-order valence-electron chi connectivity index (χ4n) is 1.68. The fraction of sp³-hybridized carbons (Fsp3) is 0.0833. The molecule has 0 aliphatic rings. The van der Waals surface area contributed by atoms with Crippen molar-refractivity contribution in [2.45, 2.75) is 6.61 Å². The molecule has 0 amide bonds. The molecule has 0 radical (unpaired) electrons. The van der Waals surface area contributed by atoms with Crippen molar-refractivity contribution in [2.75, 3.05) is 0 Å². The molecule has 0 bridgehead atoms. The summed E-state index contributed by atoms with van der Waals surface area (Å²) in [6.07, 6.45) is 2.86. The van der Waals surface area contributed by atoms with Crippen molar-refractivity contribution in [3.05, 3.63) is 48.1 Å². The Morgan fingerprint density at radius 2 is 1.30 bits per heavy atom. The third kappa shape index (κ3) is 2.71. The molecule has 1 aromatic heterocycles. The van der Waals surface area contributed by atoms with E-state index in [0.717, 1.165) is 0 Å². The molecule has 2 rings (SSSR count). The first-order chi connectivity index (χ1) is 9.40. The van der Waals surface area contributed by atoms with Gasteiger partial charge in [-0.3, -0.25) is 4.98 Å². The van der Waals surface area contributed by atoms with Gasteiger partial charge in [-0.15, -0.1) is 0 Å². The Balaban J connectivity index is 2.87. The molecule has 0 atom stereocenters. The summed E-state index contributed by atoms with van der Waals surface area (Å²) in [5.74, 6) is 0. The van der Waals surface area contributed by atoms with Crippen LogP contribution in [0.2, 0.25) is 30.1 Å². The normalized spacial score (nSPS) is 10.9. The molecular weight excluding hydrogens is 387 g/mol. The van der Waals surface area contributed by atoms with Crippen LogP contribution in [-0.2, 0) is 6.61 Å². The van der Waals surface area contributed by atoms with Crippen LogP contribution in [0.1, 0.15) is 5.56 Å². The summed E-state index contributed by atoms with van der Waals surface area (Å²) in [6, 6.07) is 0. The molecule has 0 fully saturated rings. The molecule has 0 unspecified atom stereocenters. The zero-order valence-electron chi connectivity index (χ0n) is 9.52. The van der Waals surface area contributed by atoms with Crippen molar-refractivity contribution in [3.8, 4) is 11.1 Å². The van der Waals surface area contributed by atoms with E-state index in [2.05, 4.69) is 4.98 Å². The topological polar surface area (TPSA) is 33.1 Å². The van der Waals surface area contributed by atoms with Crippen LogP contribution in [0.3, 0.4) is 0 Å². The van der Waals surface area contributed by atoms with Gasteiger partial charge in [0.2, 0.25) is 0 Å². The number of benzene rings is 1. The smallest absolute Gasteiger partial charge is 0.0809 e. The lowest BCUT2D eigenvalue weighted by Crippen LogP contribution is -1.95. The Kier molecular flexibility index (Phi) is 5.30. The molecule has 8 heteroatoms. The molecule has 0 spiro atoms. The van der Waals surface area contributed by atoms with E-state index in [1.54, 1.807) is 0 Å². The van der Waals surface area contributed by atoms with Crippen LogP contribution in [0.25, 0.3) is 11.1 Å². The van der Waals surface area contributed by atoms with Crippen LogP contribution in [0.4, 0.5) is 0 Å². The third-order valence-electron chi connectivity index (χ3n) is 2.64. The predicted octanol–water partition coefficient (Wildman–Crippen LogP) is 6.16. The maximum absolute atomic E-state index is 9.45. The molecule has 1 aromatic carbocycles. The van der Waals surface area contributed by atoms with Crippen LogP contribution in [0, 0.1) is 0 Å². The lowest BCUT2D eigenvalue weighted by molar-refractivity contribution is 0.282. The van der Waals surface area contributed by atoms with E-state index in [-0.39, 0.29) is 36.7 Å². The van der Waals surface area contributed by atoms with E-state index in [1.165, 1.54) is 12.4 Å². The molecule has 1 N–H and O–H groups in total. The van der Waals surface area contributed by atoms with E-state index in [1.807, 2.05) is 0 Å². The van der Waals surface area contributed by atoms with E-state index in [0.29, 0.717) is 16.7 Å². The largest absolute Gasteiger partial charge is 0.392 e. The number of hydrogen-bond acceptors (Lipinski definition) is 2. The van der Waals surface area contributed by atoms with E-state index >= 15 is 0 Å². The Hall–Kier alpha value is 0.0700. The lowest BCUT2D eigenvalue weighted by Gasteiger charge is -2.15. The number of halogens is 6. The minimum absolute atomic E-state index is 0.0626. The summed E-state index contributed by atoms with van der Waals surface area (Å²) in [5.41, 5.74) is 1.18. The van der Waals surface area contributed by atoms with Crippen molar-refractivity contribution in [1.82, 2.24) is 4.98 Å². The Morgan fingerprint density at radius 3 is 1.80 bits per heavy atom. The Labute approximate surface area is 145 Å². The van der Waals surface area contributed by atoms with Gasteiger partial charge < -0.3 is 5.11 Å². The molecule has 1 heterocycles. The predicted molar refractivity (Wildman–Crippen MR) is 85.7 cm³/mol. The number of aromatic nitrogens is 1. The summed E-state index contributed by atoms with van der Waals surface area (Å²) in [4.78, 5) is 3.95. The van der Waals surface area contributed by atoms with Gasteiger partial charge in [-0.05, 0) is 0 Å². The van der Waals surface area contributed by atoms with E-state index in [9.17, 15) is 5.11 Å². The maximum atomic E-state index is 9.45. The lowest BCUT2D eigenvalue weighted by atomic mass is 10.0. The van der Waals surface area contributed by atoms with Gasteiger partial charge in [0.1, 0.15) is 0 Å². The second kappa shape index (κ2) is 6.45. The van der Waals surface area contributed by atoms with Crippen molar-refractivity contribution in [2.24, 2.45) is 0 Å². The molecule has 20 heavy (non-hydrogen) atoms. The van der Waals surface area contributed by atoms with Gasteiger partial charge >= 0.3 is 0 Å². The van der Waals surface area contributed by atoms with Crippen LogP contribution in [0.15, 0.2) is 12.4 Å². The quantitative estimate of drug-likeness (QED) is 0.491. The molecule has 0 saturated heterocycles. The van der Waals surface area contributed by atoms with Gasteiger partial charge in [0, 0.05) is 29.1 Å². The van der Waals surface area contributed by atoms with Crippen molar-refractivity contribution >= 4 is 69.6 Å². The van der Waals surface area contributed by atoms with Gasteiger partial charge in [0.25, 0.3) is 0 Å². The standard InChI is InChI=1S/C12H5Cl6NO/c13-6-2-19-1-4(5(6)3-20)7-8(14)10(16)12(18)11(17)9(7)15/h1-2,20H,3H2. The number of nitrogens with zero attached hydrogens (tertiary/aromatic N) is 1. The molecule has 106 valence electrons. The van der Waals surface area contributed by atoms with E-state index < -0.39 is 0 Å². The fourth-order valence-corrected chi connectivity index (χ4v) is 3.24. The summed E-state index contributed by atoms with van der Waals surface area (Å²) in [7, 11) is 0. The summed E-state index contributed by atoms with van der Waals surface area (Å²) >= 11 is 36.3. The molecule has 0 aliphatic heterocycles. The van der Waals surface area contributed by atoms with Crippen LogP contribution in [0.5, 0.6) is 0 Å². The van der Waals surface area contributed by atoms with Crippen LogP contribution in [-0.4, -0.2) is 10.1 Å². The van der Waals surface area contributed by atoms with Gasteiger partial charge in [-0.25, -0.2) is 0 Å². The van der Waals surface area contributed by atoms with Crippen LogP contribution < -0.4 is 0 Å². The van der Waals surface area contributed by atoms with Crippen molar-refractivity contribution in [3.63, 3.8) is 0 Å². The van der Waals surface area contributed by atoms with Crippen molar-refractivity contribution < 1.29 is 5.11 Å². The first kappa shape index (κ1) is 16.4. The summed E-state index contributed by atoms with van der Waals surface area (Å²) in [6.45, 7) is -0.318. The number of rotatable bonds is 2. The average molecular weight is 392 g/mol. The second-order valence-electron chi connectivity index (χ2n) is 3.75. The van der Waals surface area contributed by atoms with E-state index in [4.69, 9.17) is 69.6 Å². The third-order valence-corrected chi connectivity index (χ3v) is 5.24. The monoisotopic (exact) mass is 389 g/mol. The minimum Gasteiger partial charge on any atom is -0.392 e. The minimum atomic E-state index is -0.318. The number of hydrogen-bond donors (Lipinski definition) is 1. The molecule has 2 nitrogen and oxygen atoms in total. The molecule has 0 saturated carbocycles. The highest BCUT2D eigenvalue weighted by Gasteiger charge is 2.23. The molecular formula is C12H5Cl6NO. The molecule has 2 aromatic rings. The Bertz CT molecular complexity index is 659. The zero-order valence-corrected chi connectivity index (χ0v) is 14.1. The SMILES string of the molecule is OCc1c(Cl)cncc1-c1c(Cl)c(Cl)c(Cl)c(Cl)c1Cl. The van der Waals surface area contributed by atoms with Crippen LogP contribution >= 0.6 is 69.6 Å². The second-order valence-corrected chi connectivity index (χ2v) is 6.05. The molecule has 0 aliphatic carbocycles. The average Bonchev–Trinajstić information content (AvgIpc) is 2.43. The van der Waals surface area contributed by atoms with Gasteiger partial charge in [-0.1, -0.05) is 69.6 Å². The Morgan fingerprint density at radius 1 is 0.800 bits per heavy atom. The highest BCUT2D eigenvalue weighted by molar-refractivity contribution is 6.56. The van der Waals surface area contributed by atoms with Crippen molar-refractivity contribution in [1.29, 1.82) is 0 Å². The number of aliphatic hydroxyl groups excluding tert-OH is 1. The number of pyridine rings is 1. The summed E-state index contributed by atoms with van der Waals surface area (Å²) in [5, 5.41) is 10.2. The first-order valence-electron chi connectivity index (χ1n) is 5.15. The highest BCUT2D eigenvalue weighted by atomic mass is 35.5. The van der Waals surface area contributed by atoms with Gasteiger partial charge in [0.15, 0.2) is 0 Å².